The van der Waals surface area contributed by atoms with Gasteiger partial charge in [-0.3, -0.25) is 9.59 Å². The lowest BCUT2D eigenvalue weighted by Crippen LogP contribution is -2.53. The van der Waals surface area contributed by atoms with Crippen LogP contribution in [0.25, 0.3) is 11.0 Å². The monoisotopic (exact) mass is 342 g/mol. The van der Waals surface area contributed by atoms with Crippen LogP contribution in [0, 0.1) is 18.3 Å². The Morgan fingerprint density at radius 3 is 2.52 bits per heavy atom. The molecule has 0 aliphatic heterocycles. The molecule has 1 aromatic carbocycles. The number of Topliss-reactive ketones (excluding diaryl/α,β-unsaturated/α-hetero) is 2. The Labute approximate surface area is 145 Å². The Morgan fingerprint density at radius 1 is 1.16 bits per heavy atom. The van der Waals surface area contributed by atoms with Crippen molar-refractivity contribution in [2.75, 3.05) is 0 Å². The molecule has 132 valence electrons. The van der Waals surface area contributed by atoms with Crippen molar-refractivity contribution in [3.8, 4) is 11.5 Å². The first-order valence-electron chi connectivity index (χ1n) is 8.64. The smallest absolute Gasteiger partial charge is 0.179 e. The maximum Gasteiger partial charge on any atom is 0.179 e. The van der Waals surface area contributed by atoms with Crippen LogP contribution in [0.5, 0.6) is 11.5 Å². The van der Waals surface area contributed by atoms with E-state index < -0.39 is 10.8 Å². The number of aryl methyl sites for hydroxylation is 1. The normalized spacial score (nSPS) is 28.1. The molecule has 2 atom stereocenters. The minimum absolute atomic E-state index is 0.0819. The van der Waals surface area contributed by atoms with Gasteiger partial charge in [-0.05, 0) is 25.3 Å². The van der Waals surface area contributed by atoms with E-state index in [0.29, 0.717) is 29.6 Å². The summed E-state index contributed by atoms with van der Waals surface area (Å²) in [5.41, 5.74) is -0.394. The van der Waals surface area contributed by atoms with Crippen LogP contribution in [0.1, 0.15) is 61.7 Å². The van der Waals surface area contributed by atoms with Crippen molar-refractivity contribution < 1.29 is 24.2 Å². The zero-order chi connectivity index (χ0) is 18.3. The Morgan fingerprint density at radius 2 is 1.84 bits per heavy atom. The van der Waals surface area contributed by atoms with Gasteiger partial charge in [-0.15, -0.1) is 0 Å². The highest BCUT2D eigenvalue weighted by atomic mass is 16.4. The summed E-state index contributed by atoms with van der Waals surface area (Å²) >= 11 is 0. The van der Waals surface area contributed by atoms with Crippen LogP contribution < -0.4 is 0 Å². The van der Waals surface area contributed by atoms with Gasteiger partial charge in [-0.25, -0.2) is 0 Å². The first-order valence-corrected chi connectivity index (χ1v) is 8.64. The number of carbonyl (C=O) groups is 2. The number of rotatable bonds is 0. The van der Waals surface area contributed by atoms with E-state index in [1.165, 1.54) is 0 Å². The molecule has 4 rings (SSSR count). The molecule has 0 unspecified atom stereocenters. The Bertz CT molecular complexity index is 949. The molecular formula is C20H22O5. The second-order valence-electron chi connectivity index (χ2n) is 8.29. The minimum atomic E-state index is -0.656. The summed E-state index contributed by atoms with van der Waals surface area (Å²) in [6.07, 6.45) is 1.12. The predicted octanol–water partition coefficient (Wildman–Crippen LogP) is 4.00. The van der Waals surface area contributed by atoms with Crippen molar-refractivity contribution >= 4 is 22.5 Å². The number of phenolic OH excluding ortho intramolecular Hbond substituents is 2. The number of furan rings is 1. The third-order valence-electron chi connectivity index (χ3n) is 6.52. The van der Waals surface area contributed by atoms with Gasteiger partial charge >= 0.3 is 0 Å². The van der Waals surface area contributed by atoms with E-state index in [2.05, 4.69) is 0 Å². The molecule has 1 fully saturated rings. The predicted molar refractivity (Wildman–Crippen MR) is 92.1 cm³/mol. The third-order valence-corrected chi connectivity index (χ3v) is 6.52. The lowest BCUT2D eigenvalue weighted by molar-refractivity contribution is -0.136. The number of benzene rings is 1. The third kappa shape index (κ3) is 1.84. The molecule has 0 bridgehead atoms. The fourth-order valence-corrected chi connectivity index (χ4v) is 5.11. The van der Waals surface area contributed by atoms with E-state index in [9.17, 15) is 19.8 Å². The highest BCUT2D eigenvalue weighted by molar-refractivity contribution is 6.09. The molecule has 5 heteroatoms. The molecule has 1 heterocycles. The van der Waals surface area contributed by atoms with Gasteiger partial charge in [0.1, 0.15) is 17.3 Å². The number of aromatic hydroxyl groups is 2. The summed E-state index contributed by atoms with van der Waals surface area (Å²) in [6, 6.07) is 1.63. The molecule has 1 aromatic heterocycles. The lowest BCUT2D eigenvalue weighted by atomic mass is 9.49. The fraction of sp³-hybridized carbons (Fsp3) is 0.500. The molecule has 2 aliphatic rings. The van der Waals surface area contributed by atoms with Crippen molar-refractivity contribution in [2.45, 2.75) is 52.4 Å². The quantitative estimate of drug-likeness (QED) is 0.707. The van der Waals surface area contributed by atoms with Crippen LogP contribution in [-0.2, 0) is 10.2 Å². The number of hydrogen-bond donors (Lipinski definition) is 2. The number of fused-ring (bicyclic) bond motifs is 4. The zero-order valence-electron chi connectivity index (χ0n) is 14.9. The van der Waals surface area contributed by atoms with Gasteiger partial charge in [0.25, 0.3) is 0 Å². The van der Waals surface area contributed by atoms with Gasteiger partial charge < -0.3 is 14.6 Å². The Hall–Kier alpha value is -2.30. The molecule has 0 amide bonds. The maximum atomic E-state index is 12.9. The van der Waals surface area contributed by atoms with E-state index in [1.807, 2.05) is 20.8 Å². The summed E-state index contributed by atoms with van der Waals surface area (Å²) in [4.78, 5) is 25.3. The molecule has 2 N–H and O–H groups in total. The second-order valence-corrected chi connectivity index (χ2v) is 8.29. The van der Waals surface area contributed by atoms with Crippen LogP contribution in [0.2, 0.25) is 0 Å². The van der Waals surface area contributed by atoms with E-state index >= 15 is 0 Å². The molecule has 1 saturated carbocycles. The SMILES string of the molecule is Cc1cc2c(O)c3c(c(O)c2o1)[C@@]1(C)CCC(=O)C(C)(C)[C@@H]1CC3=O. The number of carbonyl (C=O) groups excluding carboxylic acids is 2. The number of ketones is 2. The molecule has 0 radical (unpaired) electrons. The van der Waals surface area contributed by atoms with E-state index in [-0.39, 0.29) is 46.6 Å². The van der Waals surface area contributed by atoms with E-state index in [4.69, 9.17) is 4.42 Å². The van der Waals surface area contributed by atoms with Crippen molar-refractivity contribution in [3.05, 3.63) is 23.0 Å². The molecule has 25 heavy (non-hydrogen) atoms. The standard InChI is InChI=1S/C20H22O5/c1-9-7-10-16(23)14-11(21)8-12-19(2,3)13(22)5-6-20(12,4)15(14)17(24)18(10)25-9/h7,12,23-24H,5-6,8H2,1-4H3/t12-,20-/m0/s1. The topological polar surface area (TPSA) is 87.7 Å². The average Bonchev–Trinajstić information content (AvgIpc) is 2.93. The average molecular weight is 342 g/mol. The lowest BCUT2D eigenvalue weighted by Gasteiger charge is -2.52. The van der Waals surface area contributed by atoms with Gasteiger partial charge in [0.2, 0.25) is 0 Å². The van der Waals surface area contributed by atoms with Gasteiger partial charge in [-0.1, -0.05) is 20.8 Å². The number of phenols is 2. The first kappa shape index (κ1) is 16.2. The molecule has 0 spiro atoms. The summed E-state index contributed by atoms with van der Waals surface area (Å²) in [6.45, 7) is 7.47. The van der Waals surface area contributed by atoms with E-state index in [0.717, 1.165) is 0 Å². The summed E-state index contributed by atoms with van der Waals surface area (Å²) < 4.78 is 5.59. The van der Waals surface area contributed by atoms with Gasteiger partial charge in [0, 0.05) is 29.2 Å². The maximum absolute atomic E-state index is 12.9. The van der Waals surface area contributed by atoms with Gasteiger partial charge in [0.05, 0.1) is 10.9 Å². The summed E-state index contributed by atoms with van der Waals surface area (Å²) in [5, 5.41) is 22.0. The minimum Gasteiger partial charge on any atom is -0.506 e. The van der Waals surface area contributed by atoms with Crippen LogP contribution >= 0.6 is 0 Å². The second kappa shape index (κ2) is 4.65. The van der Waals surface area contributed by atoms with Gasteiger partial charge in [0.15, 0.2) is 17.1 Å². The van der Waals surface area contributed by atoms with Crippen molar-refractivity contribution in [1.29, 1.82) is 0 Å². The molecule has 0 saturated heterocycles. The van der Waals surface area contributed by atoms with Crippen molar-refractivity contribution in [3.63, 3.8) is 0 Å². The molecule has 2 aromatic rings. The highest BCUT2D eigenvalue weighted by Crippen LogP contribution is 2.60. The largest absolute Gasteiger partial charge is 0.506 e. The Kier molecular flexibility index (Phi) is 3.01. The molecule has 5 nitrogen and oxygen atoms in total. The summed E-state index contributed by atoms with van der Waals surface area (Å²) in [5.74, 6) is 0.0376. The van der Waals surface area contributed by atoms with Crippen LogP contribution in [0.4, 0.5) is 0 Å². The van der Waals surface area contributed by atoms with Crippen LogP contribution in [0.3, 0.4) is 0 Å². The number of hydrogen-bond acceptors (Lipinski definition) is 5. The zero-order valence-corrected chi connectivity index (χ0v) is 14.9. The first-order chi connectivity index (χ1) is 11.6. The van der Waals surface area contributed by atoms with Crippen molar-refractivity contribution in [2.24, 2.45) is 11.3 Å². The summed E-state index contributed by atoms with van der Waals surface area (Å²) in [7, 11) is 0. The molecular weight excluding hydrogens is 320 g/mol. The van der Waals surface area contributed by atoms with Crippen molar-refractivity contribution in [1.82, 2.24) is 0 Å². The van der Waals surface area contributed by atoms with E-state index in [1.54, 1.807) is 13.0 Å². The van der Waals surface area contributed by atoms with Crippen LogP contribution in [-0.4, -0.2) is 21.8 Å². The highest BCUT2D eigenvalue weighted by Gasteiger charge is 2.57. The fourth-order valence-electron chi connectivity index (χ4n) is 5.11. The van der Waals surface area contributed by atoms with Gasteiger partial charge in [-0.2, -0.15) is 0 Å². The Balaban J connectivity index is 2.10. The van der Waals surface area contributed by atoms with Crippen LogP contribution in [0.15, 0.2) is 10.5 Å². The molecule has 2 aliphatic carbocycles.